The Bertz CT molecular complexity index is 1300. The molecule has 3 aromatic rings. The number of likely N-dealkylation sites (tertiary alicyclic amines) is 2. The zero-order valence-corrected chi connectivity index (χ0v) is 21.6. The number of carbonyl (C=O) groups excluding carboxylic acids is 4. The van der Waals surface area contributed by atoms with Crippen molar-refractivity contribution in [2.75, 3.05) is 13.1 Å². The Morgan fingerprint density at radius 3 is 2.54 bits per heavy atom. The predicted molar refractivity (Wildman–Crippen MR) is 139 cm³/mol. The smallest absolute Gasteiger partial charge is 0.290 e. The van der Waals surface area contributed by atoms with E-state index < -0.39 is 18.1 Å². The number of thiophene rings is 1. The summed E-state index contributed by atoms with van der Waals surface area (Å²) >= 11 is 1.37. The molecule has 0 spiro atoms. The number of benzene rings is 1. The summed E-state index contributed by atoms with van der Waals surface area (Å²) in [7, 11) is 0. The van der Waals surface area contributed by atoms with Crippen LogP contribution in [0.25, 0.3) is 10.4 Å². The van der Waals surface area contributed by atoms with E-state index in [1.54, 1.807) is 23.1 Å². The minimum Gasteiger partial charge on any atom is -0.459 e. The fourth-order valence-corrected chi connectivity index (χ4v) is 6.14. The lowest BCUT2D eigenvalue weighted by Gasteiger charge is -2.29. The van der Waals surface area contributed by atoms with Crippen molar-refractivity contribution in [2.24, 2.45) is 5.92 Å². The third-order valence-electron chi connectivity index (χ3n) is 6.90. The molecular formula is C28H29N3O5S. The van der Waals surface area contributed by atoms with Crippen LogP contribution in [0.5, 0.6) is 0 Å². The van der Waals surface area contributed by atoms with E-state index in [9.17, 15) is 19.2 Å². The van der Waals surface area contributed by atoms with Gasteiger partial charge in [-0.2, -0.15) is 0 Å². The van der Waals surface area contributed by atoms with Gasteiger partial charge in [-0.1, -0.05) is 44.2 Å². The normalized spacial score (nSPS) is 19.8. The summed E-state index contributed by atoms with van der Waals surface area (Å²) in [6.45, 7) is 4.27. The summed E-state index contributed by atoms with van der Waals surface area (Å²) in [5.74, 6) is -0.791. The first kappa shape index (κ1) is 25.0. The van der Waals surface area contributed by atoms with Gasteiger partial charge >= 0.3 is 0 Å². The number of fused-ring (bicyclic) bond motifs is 1. The van der Waals surface area contributed by atoms with Crippen LogP contribution in [0, 0.1) is 5.92 Å². The molecule has 37 heavy (non-hydrogen) atoms. The van der Waals surface area contributed by atoms with E-state index in [2.05, 4.69) is 5.32 Å². The topological polar surface area (TPSA) is 99.9 Å². The average molecular weight is 520 g/mol. The van der Waals surface area contributed by atoms with Crippen molar-refractivity contribution in [2.45, 2.75) is 44.8 Å². The third-order valence-corrected chi connectivity index (χ3v) is 8.03. The number of ketones is 1. The first-order chi connectivity index (χ1) is 17.8. The zero-order chi connectivity index (χ0) is 26.1. The second-order valence-electron chi connectivity index (χ2n) is 9.89. The molecule has 0 saturated carbocycles. The zero-order valence-electron chi connectivity index (χ0n) is 20.8. The number of furan rings is 1. The number of hydrogen-bond donors (Lipinski definition) is 1. The molecule has 8 nitrogen and oxygen atoms in total. The molecular weight excluding hydrogens is 490 g/mol. The minimum absolute atomic E-state index is 0.0582. The molecule has 2 aliphatic heterocycles. The summed E-state index contributed by atoms with van der Waals surface area (Å²) < 4.78 is 5.23. The molecule has 2 aromatic heterocycles. The van der Waals surface area contributed by atoms with Crippen LogP contribution >= 0.6 is 11.3 Å². The molecule has 0 radical (unpaired) electrons. The number of hydrogen-bond acceptors (Lipinski definition) is 6. The molecule has 9 heteroatoms. The van der Waals surface area contributed by atoms with Gasteiger partial charge in [0.25, 0.3) is 11.8 Å². The number of rotatable bonds is 7. The van der Waals surface area contributed by atoms with E-state index >= 15 is 0 Å². The van der Waals surface area contributed by atoms with Crippen LogP contribution in [0.4, 0.5) is 0 Å². The van der Waals surface area contributed by atoms with Crippen LogP contribution in [0.1, 0.15) is 46.9 Å². The van der Waals surface area contributed by atoms with Crippen LogP contribution in [0.2, 0.25) is 0 Å². The Balaban J connectivity index is 1.31. The highest BCUT2D eigenvalue weighted by molar-refractivity contribution is 7.17. The number of Topliss-reactive ketones (excluding diaryl/α,β-unsaturated/α-hetero) is 1. The first-order valence-electron chi connectivity index (χ1n) is 12.5. The van der Waals surface area contributed by atoms with Crippen LogP contribution in [-0.4, -0.2) is 64.5 Å². The predicted octanol–water partition coefficient (Wildman–Crippen LogP) is 3.85. The molecule has 192 valence electrons. The van der Waals surface area contributed by atoms with Gasteiger partial charge in [-0.3, -0.25) is 19.2 Å². The Hall–Kier alpha value is -3.72. The average Bonchev–Trinajstić information content (AvgIpc) is 3.69. The molecule has 1 N–H and O–H groups in total. The summed E-state index contributed by atoms with van der Waals surface area (Å²) in [6.07, 6.45) is 2.36. The maximum atomic E-state index is 13.7. The Morgan fingerprint density at radius 2 is 1.84 bits per heavy atom. The molecule has 2 aliphatic rings. The van der Waals surface area contributed by atoms with Gasteiger partial charge in [-0.25, -0.2) is 0 Å². The molecule has 4 heterocycles. The van der Waals surface area contributed by atoms with E-state index in [1.165, 1.54) is 22.5 Å². The molecule has 2 fully saturated rings. The number of amides is 3. The first-order valence-corrected chi connectivity index (χ1v) is 13.3. The van der Waals surface area contributed by atoms with Crippen molar-refractivity contribution in [3.05, 3.63) is 71.5 Å². The van der Waals surface area contributed by atoms with E-state index in [0.29, 0.717) is 24.3 Å². The maximum absolute atomic E-state index is 13.7. The van der Waals surface area contributed by atoms with Gasteiger partial charge in [0.05, 0.1) is 23.7 Å². The lowest BCUT2D eigenvalue weighted by molar-refractivity contribution is -0.138. The number of carbonyl (C=O) groups is 4. The molecule has 3 amide bonds. The lowest BCUT2D eigenvalue weighted by Crippen LogP contribution is -2.52. The molecule has 3 atom stereocenters. The SMILES string of the molecule is CC(C)CC(NC(=O)c1ccc(-c2ccccc2)s1)C(=O)N1CCC2C1C(=O)CN2C(=O)c1ccco1. The van der Waals surface area contributed by atoms with Crippen LogP contribution in [0.3, 0.4) is 0 Å². The van der Waals surface area contributed by atoms with Gasteiger partial charge in [-0.05, 0) is 48.6 Å². The third kappa shape index (κ3) is 4.96. The second-order valence-corrected chi connectivity index (χ2v) is 11.0. The highest BCUT2D eigenvalue weighted by Crippen LogP contribution is 2.32. The molecule has 5 rings (SSSR count). The van der Waals surface area contributed by atoms with E-state index in [-0.39, 0.29) is 41.7 Å². The van der Waals surface area contributed by atoms with Gasteiger partial charge in [0.2, 0.25) is 5.91 Å². The Labute approximate surface area is 219 Å². The summed E-state index contributed by atoms with van der Waals surface area (Å²) in [5.41, 5.74) is 1.03. The van der Waals surface area contributed by atoms with Crippen molar-refractivity contribution in [1.82, 2.24) is 15.1 Å². The van der Waals surface area contributed by atoms with Crippen molar-refractivity contribution in [1.29, 1.82) is 0 Å². The highest BCUT2D eigenvalue weighted by atomic mass is 32.1. The van der Waals surface area contributed by atoms with Crippen LogP contribution in [-0.2, 0) is 9.59 Å². The van der Waals surface area contributed by atoms with Crippen molar-refractivity contribution >= 4 is 34.8 Å². The Morgan fingerprint density at radius 1 is 1.05 bits per heavy atom. The van der Waals surface area contributed by atoms with Gasteiger partial charge in [0, 0.05) is 11.4 Å². The largest absolute Gasteiger partial charge is 0.459 e. The molecule has 0 bridgehead atoms. The van der Waals surface area contributed by atoms with Crippen LogP contribution in [0.15, 0.2) is 65.3 Å². The highest BCUT2D eigenvalue weighted by Gasteiger charge is 2.52. The maximum Gasteiger partial charge on any atom is 0.290 e. The summed E-state index contributed by atoms with van der Waals surface area (Å²) in [5, 5.41) is 2.93. The monoisotopic (exact) mass is 519 g/mol. The van der Waals surface area contributed by atoms with E-state index in [0.717, 1.165) is 10.4 Å². The summed E-state index contributed by atoms with van der Waals surface area (Å²) in [4.78, 5) is 57.3. The van der Waals surface area contributed by atoms with Crippen molar-refractivity contribution < 1.29 is 23.6 Å². The van der Waals surface area contributed by atoms with Gasteiger partial charge in [0.1, 0.15) is 12.1 Å². The number of nitrogens with zero attached hydrogens (tertiary/aromatic N) is 2. The molecule has 3 unspecified atom stereocenters. The Kier molecular flexibility index (Phi) is 6.97. The molecule has 1 aromatic carbocycles. The van der Waals surface area contributed by atoms with Gasteiger partial charge in [-0.15, -0.1) is 11.3 Å². The van der Waals surface area contributed by atoms with Gasteiger partial charge in [0.15, 0.2) is 11.5 Å². The fourth-order valence-electron chi connectivity index (χ4n) is 5.22. The minimum atomic E-state index is -0.767. The van der Waals surface area contributed by atoms with Crippen LogP contribution < -0.4 is 5.32 Å². The quantitative estimate of drug-likeness (QED) is 0.511. The molecule has 0 aliphatic carbocycles. The van der Waals surface area contributed by atoms with E-state index in [1.807, 2.05) is 50.2 Å². The second kappa shape index (κ2) is 10.3. The molecule has 2 saturated heterocycles. The number of nitrogens with one attached hydrogen (secondary N) is 1. The van der Waals surface area contributed by atoms with E-state index in [4.69, 9.17) is 4.42 Å². The lowest BCUT2D eigenvalue weighted by atomic mass is 10.0. The van der Waals surface area contributed by atoms with Gasteiger partial charge < -0.3 is 19.5 Å². The fraction of sp³-hybridized carbons (Fsp3) is 0.357. The van der Waals surface area contributed by atoms with Crippen molar-refractivity contribution in [3.63, 3.8) is 0 Å². The summed E-state index contributed by atoms with van der Waals surface area (Å²) in [6, 6.07) is 14.8. The van der Waals surface area contributed by atoms with Crippen molar-refractivity contribution in [3.8, 4) is 10.4 Å². The standard InChI is InChI=1S/C28H29N3O5S/c1-17(2)15-19(29-26(33)24-11-10-23(37-24)18-7-4-3-5-8-18)27(34)30-13-12-20-25(30)21(32)16-31(20)28(35)22-9-6-14-36-22/h3-11,14,17,19-20,25H,12-13,15-16H2,1-2H3,(H,29,33).